The van der Waals surface area contributed by atoms with Crippen LogP contribution in [-0.2, 0) is 0 Å². The molecule has 0 saturated heterocycles. The van der Waals surface area contributed by atoms with Gasteiger partial charge in [0.2, 0.25) is 0 Å². The first-order chi connectivity index (χ1) is 5.02. The highest BCUT2D eigenvalue weighted by molar-refractivity contribution is 4.75. The molecule has 0 saturated carbocycles. The van der Waals surface area contributed by atoms with Gasteiger partial charge in [0.15, 0.2) is 0 Å². The van der Waals surface area contributed by atoms with Crippen molar-refractivity contribution in [2.45, 2.75) is 40.5 Å². The molecule has 0 aromatic heterocycles. The fraction of sp³-hybridized carbons (Fsp3) is 1.00. The summed E-state index contributed by atoms with van der Waals surface area (Å²) in [7, 11) is 0. The van der Waals surface area contributed by atoms with Crippen LogP contribution in [-0.4, -0.2) is 6.54 Å². The summed E-state index contributed by atoms with van der Waals surface area (Å²) in [6.07, 6.45) is 2.24. The van der Waals surface area contributed by atoms with Crippen LogP contribution in [0.3, 0.4) is 0 Å². The maximum atomic E-state index is 10.1. The second-order valence-electron chi connectivity index (χ2n) is 4.16. The van der Waals surface area contributed by atoms with Crippen LogP contribution in [0.15, 0.2) is 5.18 Å². The lowest BCUT2D eigenvalue weighted by atomic mass is 9.78. The normalized spacial score (nSPS) is 14.5. The van der Waals surface area contributed by atoms with Gasteiger partial charge in [0.1, 0.15) is 0 Å². The molecule has 2 nitrogen and oxygen atoms in total. The van der Waals surface area contributed by atoms with Gasteiger partial charge in [-0.3, -0.25) is 0 Å². The fourth-order valence-electron chi connectivity index (χ4n) is 1.24. The third-order valence-corrected chi connectivity index (χ3v) is 2.16. The van der Waals surface area contributed by atoms with Crippen LogP contribution in [0.25, 0.3) is 0 Å². The van der Waals surface area contributed by atoms with E-state index in [9.17, 15) is 4.91 Å². The highest BCUT2D eigenvalue weighted by atomic mass is 16.3. The monoisotopic (exact) mass is 157 g/mol. The lowest BCUT2D eigenvalue weighted by Gasteiger charge is -2.28. The molecule has 0 aliphatic heterocycles. The SMILES string of the molecule is CCCC(CN=O)C(C)(C)C. The Bertz CT molecular complexity index is 115. The van der Waals surface area contributed by atoms with Gasteiger partial charge in [-0.2, -0.15) is 4.91 Å². The third kappa shape index (κ3) is 4.12. The van der Waals surface area contributed by atoms with Gasteiger partial charge in [-0.25, -0.2) is 0 Å². The zero-order chi connectivity index (χ0) is 8.91. The standard InChI is InChI=1S/C9H19NO/c1-5-6-8(7-10-11)9(2,3)4/h8H,5-7H2,1-4H3. The quantitative estimate of drug-likeness (QED) is 0.576. The Morgan fingerprint density at radius 1 is 1.36 bits per heavy atom. The van der Waals surface area contributed by atoms with E-state index < -0.39 is 0 Å². The number of nitroso groups, excluding NO2 is 1. The van der Waals surface area contributed by atoms with Crippen LogP contribution < -0.4 is 0 Å². The average Bonchev–Trinajstić information content (AvgIpc) is 1.85. The zero-order valence-electron chi connectivity index (χ0n) is 8.05. The van der Waals surface area contributed by atoms with Gasteiger partial charge in [0, 0.05) is 0 Å². The van der Waals surface area contributed by atoms with Crippen LogP contribution in [0.5, 0.6) is 0 Å². The van der Waals surface area contributed by atoms with E-state index in [0.717, 1.165) is 12.8 Å². The molecule has 0 spiro atoms. The molecule has 1 unspecified atom stereocenters. The fourth-order valence-corrected chi connectivity index (χ4v) is 1.24. The summed E-state index contributed by atoms with van der Waals surface area (Å²) in [5, 5.41) is 2.97. The molecule has 0 radical (unpaired) electrons. The van der Waals surface area contributed by atoms with Crippen molar-refractivity contribution in [3.63, 3.8) is 0 Å². The van der Waals surface area contributed by atoms with Crippen molar-refractivity contribution in [2.75, 3.05) is 6.54 Å². The van der Waals surface area contributed by atoms with Gasteiger partial charge < -0.3 is 0 Å². The summed E-state index contributed by atoms with van der Waals surface area (Å²) in [6, 6.07) is 0. The summed E-state index contributed by atoms with van der Waals surface area (Å²) >= 11 is 0. The van der Waals surface area contributed by atoms with Crippen molar-refractivity contribution in [1.29, 1.82) is 0 Å². The van der Waals surface area contributed by atoms with Crippen molar-refractivity contribution < 1.29 is 0 Å². The molecule has 0 aliphatic carbocycles. The van der Waals surface area contributed by atoms with Crippen LogP contribution in [0, 0.1) is 16.2 Å². The molecule has 0 heterocycles. The largest absolute Gasteiger partial charge is 0.151 e. The topological polar surface area (TPSA) is 29.4 Å². The molecular formula is C9H19NO. The Morgan fingerprint density at radius 3 is 2.18 bits per heavy atom. The average molecular weight is 157 g/mol. The molecule has 11 heavy (non-hydrogen) atoms. The van der Waals surface area contributed by atoms with Crippen molar-refractivity contribution >= 4 is 0 Å². The van der Waals surface area contributed by atoms with E-state index in [1.165, 1.54) is 0 Å². The number of hydrogen-bond donors (Lipinski definition) is 0. The van der Waals surface area contributed by atoms with Crippen molar-refractivity contribution in [3.05, 3.63) is 4.91 Å². The molecule has 0 aromatic rings. The smallest absolute Gasteiger partial charge is 0.0844 e. The minimum Gasteiger partial charge on any atom is -0.151 e. The Labute approximate surface area is 69.4 Å². The molecule has 0 amide bonds. The van der Waals surface area contributed by atoms with Gasteiger partial charge in [-0.05, 0) is 17.8 Å². The molecule has 66 valence electrons. The zero-order valence-corrected chi connectivity index (χ0v) is 8.05. The van der Waals surface area contributed by atoms with E-state index in [0.29, 0.717) is 12.5 Å². The van der Waals surface area contributed by atoms with Crippen LogP contribution >= 0.6 is 0 Å². The second-order valence-corrected chi connectivity index (χ2v) is 4.16. The number of rotatable bonds is 4. The van der Waals surface area contributed by atoms with Gasteiger partial charge >= 0.3 is 0 Å². The van der Waals surface area contributed by atoms with E-state index >= 15 is 0 Å². The molecule has 0 N–H and O–H groups in total. The highest BCUT2D eigenvalue weighted by Crippen LogP contribution is 2.29. The summed E-state index contributed by atoms with van der Waals surface area (Å²) < 4.78 is 0. The Morgan fingerprint density at radius 2 is 1.91 bits per heavy atom. The number of hydrogen-bond acceptors (Lipinski definition) is 2. The minimum absolute atomic E-state index is 0.226. The van der Waals surface area contributed by atoms with E-state index in [1.54, 1.807) is 0 Å². The van der Waals surface area contributed by atoms with Crippen LogP contribution in [0.4, 0.5) is 0 Å². The summed E-state index contributed by atoms with van der Waals surface area (Å²) in [5.74, 6) is 0.449. The van der Waals surface area contributed by atoms with Gasteiger partial charge in [0.25, 0.3) is 0 Å². The lowest BCUT2D eigenvalue weighted by molar-refractivity contribution is 0.231. The molecule has 1 atom stereocenters. The lowest BCUT2D eigenvalue weighted by Crippen LogP contribution is -2.22. The van der Waals surface area contributed by atoms with E-state index in [-0.39, 0.29) is 5.41 Å². The van der Waals surface area contributed by atoms with Crippen LogP contribution in [0.2, 0.25) is 0 Å². The van der Waals surface area contributed by atoms with E-state index in [2.05, 4.69) is 32.9 Å². The number of nitrogens with zero attached hydrogens (tertiary/aromatic N) is 1. The molecular weight excluding hydrogens is 138 g/mol. The summed E-state index contributed by atoms with van der Waals surface area (Å²) in [4.78, 5) is 10.1. The highest BCUT2D eigenvalue weighted by Gasteiger charge is 2.23. The molecule has 0 rings (SSSR count). The van der Waals surface area contributed by atoms with Crippen molar-refractivity contribution in [3.8, 4) is 0 Å². The second kappa shape index (κ2) is 4.47. The predicted molar refractivity (Wildman–Crippen MR) is 48.5 cm³/mol. The Hall–Kier alpha value is -0.400. The molecule has 0 fully saturated rings. The van der Waals surface area contributed by atoms with E-state index in [4.69, 9.17) is 0 Å². The first kappa shape index (κ1) is 10.6. The maximum absolute atomic E-state index is 10.1. The van der Waals surface area contributed by atoms with Crippen LogP contribution in [0.1, 0.15) is 40.5 Å². The van der Waals surface area contributed by atoms with E-state index in [1.807, 2.05) is 0 Å². The minimum atomic E-state index is 0.226. The Kier molecular flexibility index (Phi) is 4.31. The van der Waals surface area contributed by atoms with Crippen molar-refractivity contribution in [1.82, 2.24) is 0 Å². The summed E-state index contributed by atoms with van der Waals surface area (Å²) in [5.41, 5.74) is 0.226. The Balaban J connectivity index is 3.97. The molecule has 0 bridgehead atoms. The van der Waals surface area contributed by atoms with Gasteiger partial charge in [0.05, 0.1) is 6.54 Å². The maximum Gasteiger partial charge on any atom is 0.0844 e. The molecule has 2 heteroatoms. The third-order valence-electron chi connectivity index (χ3n) is 2.16. The van der Waals surface area contributed by atoms with Gasteiger partial charge in [-0.15, -0.1) is 0 Å². The van der Waals surface area contributed by atoms with Gasteiger partial charge in [-0.1, -0.05) is 39.3 Å². The first-order valence-electron chi connectivity index (χ1n) is 4.31. The molecule has 0 aromatic carbocycles. The van der Waals surface area contributed by atoms with Crippen molar-refractivity contribution in [2.24, 2.45) is 16.5 Å². The predicted octanol–water partition coefficient (Wildman–Crippen LogP) is 3.22. The molecule has 0 aliphatic rings. The first-order valence-corrected chi connectivity index (χ1v) is 4.31. The summed E-state index contributed by atoms with van der Waals surface area (Å²) in [6.45, 7) is 9.11.